The molecule has 1 heterocycles. The van der Waals surface area contributed by atoms with Crippen LogP contribution in [0.25, 0.3) is 0 Å². The van der Waals surface area contributed by atoms with Gasteiger partial charge in [-0.2, -0.15) is 5.26 Å². The zero-order valence-corrected chi connectivity index (χ0v) is 7.16. The molecule has 1 aromatic rings. The van der Waals surface area contributed by atoms with Crippen molar-refractivity contribution in [3.8, 4) is 11.8 Å². The van der Waals surface area contributed by atoms with Crippen LogP contribution in [0, 0.1) is 18.3 Å². The summed E-state index contributed by atoms with van der Waals surface area (Å²) in [6, 6.07) is 3.91. The molecule has 0 amide bonds. The standard InChI is InChI=1S/C9H10N2O/c1-7-5-9(12-2)8(3-4-10)11-6-7/h5-6H,3H2,1-2H3. The van der Waals surface area contributed by atoms with Gasteiger partial charge in [0.05, 0.1) is 25.3 Å². The van der Waals surface area contributed by atoms with Crippen molar-refractivity contribution in [1.29, 1.82) is 5.26 Å². The Hall–Kier alpha value is -1.56. The van der Waals surface area contributed by atoms with Crippen LogP contribution in [-0.2, 0) is 6.42 Å². The highest BCUT2D eigenvalue weighted by Crippen LogP contribution is 2.16. The number of rotatable bonds is 2. The number of nitrogens with zero attached hydrogens (tertiary/aromatic N) is 2. The van der Waals surface area contributed by atoms with Gasteiger partial charge in [0, 0.05) is 6.20 Å². The molecule has 0 unspecified atom stereocenters. The second-order valence-electron chi connectivity index (χ2n) is 2.50. The van der Waals surface area contributed by atoms with Crippen molar-refractivity contribution in [1.82, 2.24) is 4.98 Å². The van der Waals surface area contributed by atoms with Crippen LogP contribution in [0.5, 0.6) is 5.75 Å². The molecule has 1 aromatic heterocycles. The monoisotopic (exact) mass is 162 g/mol. The molecular weight excluding hydrogens is 152 g/mol. The van der Waals surface area contributed by atoms with E-state index in [0.29, 0.717) is 17.9 Å². The van der Waals surface area contributed by atoms with E-state index in [1.807, 2.05) is 19.1 Å². The number of ether oxygens (including phenoxy) is 1. The molecule has 0 fully saturated rings. The van der Waals surface area contributed by atoms with Crippen LogP contribution in [0.2, 0.25) is 0 Å². The number of pyridine rings is 1. The third-order valence-corrected chi connectivity index (χ3v) is 1.53. The van der Waals surface area contributed by atoms with E-state index in [4.69, 9.17) is 10.00 Å². The molecule has 0 aliphatic carbocycles. The van der Waals surface area contributed by atoms with Crippen LogP contribution < -0.4 is 4.74 Å². The Labute approximate surface area is 71.6 Å². The van der Waals surface area contributed by atoms with Crippen LogP contribution in [0.1, 0.15) is 11.3 Å². The van der Waals surface area contributed by atoms with Gasteiger partial charge in [0.2, 0.25) is 0 Å². The van der Waals surface area contributed by atoms with Crippen molar-refractivity contribution < 1.29 is 4.74 Å². The van der Waals surface area contributed by atoms with Gasteiger partial charge in [0.25, 0.3) is 0 Å². The summed E-state index contributed by atoms with van der Waals surface area (Å²) in [7, 11) is 1.58. The Morgan fingerprint density at radius 1 is 1.67 bits per heavy atom. The fourth-order valence-electron chi connectivity index (χ4n) is 0.955. The lowest BCUT2D eigenvalue weighted by molar-refractivity contribution is 0.408. The van der Waals surface area contributed by atoms with Crippen molar-refractivity contribution in [2.75, 3.05) is 7.11 Å². The molecule has 0 atom stereocenters. The second-order valence-corrected chi connectivity index (χ2v) is 2.50. The van der Waals surface area contributed by atoms with Gasteiger partial charge in [-0.05, 0) is 18.6 Å². The zero-order valence-electron chi connectivity index (χ0n) is 7.16. The Morgan fingerprint density at radius 2 is 2.42 bits per heavy atom. The molecule has 3 nitrogen and oxygen atoms in total. The maximum atomic E-state index is 8.46. The molecule has 0 saturated heterocycles. The van der Waals surface area contributed by atoms with E-state index in [0.717, 1.165) is 5.56 Å². The molecule has 0 saturated carbocycles. The van der Waals surface area contributed by atoms with Gasteiger partial charge in [0.15, 0.2) is 0 Å². The van der Waals surface area contributed by atoms with Gasteiger partial charge in [-0.15, -0.1) is 0 Å². The fraction of sp³-hybridized carbons (Fsp3) is 0.333. The summed E-state index contributed by atoms with van der Waals surface area (Å²) in [5, 5.41) is 8.46. The summed E-state index contributed by atoms with van der Waals surface area (Å²) < 4.78 is 5.07. The van der Waals surface area contributed by atoms with Crippen LogP contribution in [0.15, 0.2) is 12.3 Å². The molecule has 0 radical (unpaired) electrons. The van der Waals surface area contributed by atoms with E-state index in [9.17, 15) is 0 Å². The van der Waals surface area contributed by atoms with Gasteiger partial charge in [0.1, 0.15) is 5.75 Å². The summed E-state index contributed by atoms with van der Waals surface area (Å²) in [4.78, 5) is 4.09. The highest BCUT2D eigenvalue weighted by molar-refractivity contribution is 5.32. The maximum Gasteiger partial charge on any atom is 0.141 e. The lowest BCUT2D eigenvalue weighted by atomic mass is 10.2. The van der Waals surface area contributed by atoms with Crippen molar-refractivity contribution in [3.05, 3.63) is 23.5 Å². The third-order valence-electron chi connectivity index (χ3n) is 1.53. The van der Waals surface area contributed by atoms with Crippen molar-refractivity contribution in [2.45, 2.75) is 13.3 Å². The number of hydrogen-bond donors (Lipinski definition) is 0. The molecule has 0 aromatic carbocycles. The number of aromatic nitrogens is 1. The highest BCUT2D eigenvalue weighted by atomic mass is 16.5. The molecule has 0 spiro atoms. The SMILES string of the molecule is COc1cc(C)cnc1CC#N. The van der Waals surface area contributed by atoms with Gasteiger partial charge in [-0.25, -0.2) is 0 Å². The van der Waals surface area contributed by atoms with E-state index in [2.05, 4.69) is 4.98 Å². The van der Waals surface area contributed by atoms with E-state index in [-0.39, 0.29) is 0 Å². The van der Waals surface area contributed by atoms with E-state index in [1.165, 1.54) is 0 Å². The van der Waals surface area contributed by atoms with E-state index in [1.54, 1.807) is 13.3 Å². The lowest BCUT2D eigenvalue weighted by Gasteiger charge is -2.04. The predicted octanol–water partition coefficient (Wildman–Crippen LogP) is 1.46. The second kappa shape index (κ2) is 3.72. The summed E-state index contributed by atoms with van der Waals surface area (Å²) in [6.45, 7) is 1.94. The molecule has 0 N–H and O–H groups in total. The van der Waals surface area contributed by atoms with Crippen molar-refractivity contribution in [2.24, 2.45) is 0 Å². The molecule has 0 aliphatic heterocycles. The van der Waals surface area contributed by atoms with Gasteiger partial charge < -0.3 is 4.74 Å². The largest absolute Gasteiger partial charge is 0.495 e. The number of hydrogen-bond acceptors (Lipinski definition) is 3. The smallest absolute Gasteiger partial charge is 0.141 e. The molecule has 12 heavy (non-hydrogen) atoms. The Bertz CT molecular complexity index is 315. The van der Waals surface area contributed by atoms with Gasteiger partial charge in [-0.3, -0.25) is 4.98 Å². The minimum Gasteiger partial charge on any atom is -0.495 e. The zero-order chi connectivity index (χ0) is 8.97. The van der Waals surface area contributed by atoms with Gasteiger partial charge in [-0.1, -0.05) is 0 Å². The number of methoxy groups -OCH3 is 1. The van der Waals surface area contributed by atoms with Crippen molar-refractivity contribution in [3.63, 3.8) is 0 Å². The first-order valence-corrected chi connectivity index (χ1v) is 3.64. The van der Waals surface area contributed by atoms with Crippen LogP contribution in [0.4, 0.5) is 0 Å². The molecule has 1 rings (SSSR count). The summed E-state index contributed by atoms with van der Waals surface area (Å²) in [5.74, 6) is 0.691. The Kier molecular flexibility index (Phi) is 2.65. The summed E-state index contributed by atoms with van der Waals surface area (Å²) in [6.07, 6.45) is 2.03. The highest BCUT2D eigenvalue weighted by Gasteiger charge is 2.02. The van der Waals surface area contributed by atoms with E-state index < -0.39 is 0 Å². The van der Waals surface area contributed by atoms with Crippen molar-refractivity contribution >= 4 is 0 Å². The maximum absolute atomic E-state index is 8.46. The first-order chi connectivity index (χ1) is 5.77. The molecule has 3 heteroatoms. The third kappa shape index (κ3) is 1.73. The van der Waals surface area contributed by atoms with Crippen LogP contribution >= 0.6 is 0 Å². The lowest BCUT2D eigenvalue weighted by Crippen LogP contribution is -1.95. The summed E-state index contributed by atoms with van der Waals surface area (Å²) >= 11 is 0. The minimum atomic E-state index is 0.295. The van der Waals surface area contributed by atoms with Crippen LogP contribution in [-0.4, -0.2) is 12.1 Å². The number of aryl methyl sites for hydroxylation is 1. The normalized spacial score (nSPS) is 9.08. The first-order valence-electron chi connectivity index (χ1n) is 3.64. The number of nitriles is 1. The van der Waals surface area contributed by atoms with Gasteiger partial charge >= 0.3 is 0 Å². The fourth-order valence-corrected chi connectivity index (χ4v) is 0.955. The molecular formula is C9H10N2O. The average Bonchev–Trinajstić information content (AvgIpc) is 2.08. The topological polar surface area (TPSA) is 45.9 Å². The average molecular weight is 162 g/mol. The minimum absolute atomic E-state index is 0.295. The first kappa shape index (κ1) is 8.54. The molecule has 0 bridgehead atoms. The quantitative estimate of drug-likeness (QED) is 0.661. The Balaban J connectivity index is 3.04. The molecule has 62 valence electrons. The van der Waals surface area contributed by atoms with E-state index >= 15 is 0 Å². The molecule has 0 aliphatic rings. The summed E-state index contributed by atoms with van der Waals surface area (Å²) in [5.41, 5.74) is 1.74. The van der Waals surface area contributed by atoms with Crippen LogP contribution in [0.3, 0.4) is 0 Å². The predicted molar refractivity (Wildman–Crippen MR) is 44.8 cm³/mol. The Morgan fingerprint density at radius 3 is 3.00 bits per heavy atom.